The maximum atomic E-state index is 12.4. The van der Waals surface area contributed by atoms with Crippen molar-refractivity contribution in [3.63, 3.8) is 0 Å². The van der Waals surface area contributed by atoms with Gasteiger partial charge in [-0.2, -0.15) is 11.3 Å². The van der Waals surface area contributed by atoms with Gasteiger partial charge in [0.05, 0.1) is 6.04 Å². The highest BCUT2D eigenvalue weighted by atomic mass is 32.1. The number of amides is 2. The quantitative estimate of drug-likeness (QED) is 0.722. The number of aryl methyl sites for hydroxylation is 1. The number of hydrogen-bond donors (Lipinski definition) is 2. The Bertz CT molecular complexity index is 751. The summed E-state index contributed by atoms with van der Waals surface area (Å²) in [5.41, 5.74) is 3.04. The molecule has 0 bridgehead atoms. The van der Waals surface area contributed by atoms with Crippen molar-refractivity contribution in [2.24, 2.45) is 0 Å². The first-order chi connectivity index (χ1) is 13.7. The van der Waals surface area contributed by atoms with Crippen molar-refractivity contribution >= 4 is 28.8 Å². The average Bonchev–Trinajstić information content (AvgIpc) is 3.11. The summed E-state index contributed by atoms with van der Waals surface area (Å²) in [7, 11) is 0. The van der Waals surface area contributed by atoms with Gasteiger partial charge in [-0.05, 0) is 72.4 Å². The van der Waals surface area contributed by atoms with Crippen molar-refractivity contribution in [1.29, 1.82) is 0 Å². The molecule has 0 radical (unpaired) electrons. The molecule has 1 saturated heterocycles. The lowest BCUT2D eigenvalue weighted by molar-refractivity contribution is -0.136. The van der Waals surface area contributed by atoms with Crippen LogP contribution in [0.4, 0.5) is 5.69 Å². The molecular formula is C22H29N3O2S. The fourth-order valence-electron chi connectivity index (χ4n) is 3.61. The summed E-state index contributed by atoms with van der Waals surface area (Å²) in [6, 6.07) is 9.80. The van der Waals surface area contributed by atoms with Gasteiger partial charge >= 0.3 is 11.8 Å². The fourth-order valence-corrected chi connectivity index (χ4v) is 4.32. The number of likely N-dealkylation sites (tertiary alicyclic amines) is 1. The fraction of sp³-hybridized carbons (Fsp3) is 0.455. The SMILES string of the molecule is CCc1ccc(NC(=O)C(=O)NCC(c2ccsc2)N2CCCCCC2)cc1. The average molecular weight is 400 g/mol. The molecule has 1 aromatic heterocycles. The van der Waals surface area contributed by atoms with Crippen LogP contribution < -0.4 is 10.6 Å². The van der Waals surface area contributed by atoms with Crippen LogP contribution in [-0.2, 0) is 16.0 Å². The molecular weight excluding hydrogens is 370 g/mol. The molecule has 2 heterocycles. The Morgan fingerprint density at radius 3 is 2.36 bits per heavy atom. The van der Waals surface area contributed by atoms with E-state index in [-0.39, 0.29) is 6.04 Å². The molecule has 1 unspecified atom stereocenters. The Morgan fingerprint density at radius 1 is 1.04 bits per heavy atom. The lowest BCUT2D eigenvalue weighted by Crippen LogP contribution is -2.42. The van der Waals surface area contributed by atoms with E-state index < -0.39 is 11.8 Å². The molecule has 0 spiro atoms. The minimum atomic E-state index is -0.621. The summed E-state index contributed by atoms with van der Waals surface area (Å²) in [4.78, 5) is 27.1. The minimum absolute atomic E-state index is 0.116. The Hall–Kier alpha value is -2.18. The van der Waals surface area contributed by atoms with Crippen molar-refractivity contribution in [1.82, 2.24) is 10.2 Å². The first-order valence-electron chi connectivity index (χ1n) is 10.1. The Kier molecular flexibility index (Phi) is 7.62. The first kappa shape index (κ1) is 20.6. The van der Waals surface area contributed by atoms with Gasteiger partial charge in [0.2, 0.25) is 0 Å². The van der Waals surface area contributed by atoms with Crippen LogP contribution in [0.2, 0.25) is 0 Å². The predicted octanol–water partition coefficient (Wildman–Crippen LogP) is 3.98. The molecule has 0 saturated carbocycles. The van der Waals surface area contributed by atoms with Gasteiger partial charge in [-0.3, -0.25) is 14.5 Å². The molecule has 28 heavy (non-hydrogen) atoms. The van der Waals surface area contributed by atoms with Gasteiger partial charge in [0.15, 0.2) is 0 Å². The highest BCUT2D eigenvalue weighted by molar-refractivity contribution is 7.08. The lowest BCUT2D eigenvalue weighted by Gasteiger charge is -2.30. The van der Waals surface area contributed by atoms with Crippen molar-refractivity contribution < 1.29 is 9.59 Å². The molecule has 0 aliphatic carbocycles. The molecule has 2 amide bonds. The Morgan fingerprint density at radius 2 is 1.75 bits per heavy atom. The van der Waals surface area contributed by atoms with Crippen LogP contribution in [0.25, 0.3) is 0 Å². The molecule has 5 nitrogen and oxygen atoms in total. The maximum absolute atomic E-state index is 12.4. The van der Waals surface area contributed by atoms with Crippen LogP contribution in [-0.4, -0.2) is 36.3 Å². The molecule has 2 N–H and O–H groups in total. The second-order valence-corrected chi connectivity index (χ2v) is 8.02. The standard InChI is InChI=1S/C22H29N3O2S/c1-2-17-7-9-19(10-8-17)24-22(27)21(26)23-15-20(18-11-14-28-16-18)25-12-5-3-4-6-13-25/h7-11,14,16,20H,2-6,12-13,15H2,1H3,(H,23,26)(H,24,27). The lowest BCUT2D eigenvalue weighted by atomic mass is 10.1. The van der Waals surface area contributed by atoms with Gasteiger partial charge in [-0.25, -0.2) is 0 Å². The van der Waals surface area contributed by atoms with Crippen molar-refractivity contribution in [3.8, 4) is 0 Å². The highest BCUT2D eigenvalue weighted by Gasteiger charge is 2.24. The number of nitrogens with one attached hydrogen (secondary N) is 2. The number of hydrogen-bond acceptors (Lipinski definition) is 4. The molecule has 150 valence electrons. The molecule has 1 aliphatic heterocycles. The summed E-state index contributed by atoms with van der Waals surface area (Å²) in [6.45, 7) is 4.59. The van der Waals surface area contributed by atoms with Gasteiger partial charge < -0.3 is 10.6 Å². The summed E-state index contributed by atoms with van der Waals surface area (Å²) >= 11 is 1.66. The van der Waals surface area contributed by atoms with E-state index in [0.29, 0.717) is 12.2 Å². The summed E-state index contributed by atoms with van der Waals surface area (Å²) in [5.74, 6) is -1.21. The first-order valence-corrected chi connectivity index (χ1v) is 11.1. The minimum Gasteiger partial charge on any atom is -0.346 e. The van der Waals surface area contributed by atoms with E-state index in [1.54, 1.807) is 11.3 Å². The third-order valence-electron chi connectivity index (χ3n) is 5.29. The zero-order chi connectivity index (χ0) is 19.8. The van der Waals surface area contributed by atoms with Crippen molar-refractivity contribution in [3.05, 3.63) is 52.2 Å². The molecule has 2 aromatic rings. The number of rotatable bonds is 6. The highest BCUT2D eigenvalue weighted by Crippen LogP contribution is 2.25. The Balaban J connectivity index is 1.58. The molecule has 3 rings (SSSR count). The van der Waals surface area contributed by atoms with E-state index in [0.717, 1.165) is 19.5 Å². The number of carbonyl (C=O) groups is 2. The van der Waals surface area contributed by atoms with Crippen LogP contribution in [0.3, 0.4) is 0 Å². The van der Waals surface area contributed by atoms with E-state index in [2.05, 4.69) is 39.3 Å². The van der Waals surface area contributed by atoms with Crippen molar-refractivity contribution in [2.45, 2.75) is 45.1 Å². The normalized spacial score (nSPS) is 16.2. The third-order valence-corrected chi connectivity index (χ3v) is 5.99. The monoisotopic (exact) mass is 399 g/mol. The van der Waals surface area contributed by atoms with Gasteiger partial charge in [-0.15, -0.1) is 0 Å². The number of carbonyl (C=O) groups excluding carboxylic acids is 2. The summed E-state index contributed by atoms with van der Waals surface area (Å²) in [5, 5.41) is 9.72. The van der Waals surface area contributed by atoms with Crippen LogP contribution in [0.5, 0.6) is 0 Å². The van der Waals surface area contributed by atoms with Crippen LogP contribution in [0, 0.1) is 0 Å². The molecule has 1 aliphatic rings. The summed E-state index contributed by atoms with van der Waals surface area (Å²) in [6.07, 6.45) is 5.83. The number of benzene rings is 1. The van der Waals surface area contributed by atoms with E-state index in [1.807, 2.05) is 24.3 Å². The van der Waals surface area contributed by atoms with Crippen LogP contribution in [0.15, 0.2) is 41.1 Å². The smallest absolute Gasteiger partial charge is 0.313 e. The third kappa shape index (κ3) is 5.66. The second kappa shape index (κ2) is 10.4. The van der Waals surface area contributed by atoms with Crippen molar-refractivity contribution in [2.75, 3.05) is 25.0 Å². The van der Waals surface area contributed by atoms with E-state index >= 15 is 0 Å². The van der Waals surface area contributed by atoms with E-state index in [4.69, 9.17) is 0 Å². The molecule has 6 heteroatoms. The van der Waals surface area contributed by atoms with E-state index in [1.165, 1.54) is 36.8 Å². The number of thiophene rings is 1. The molecule has 1 atom stereocenters. The molecule has 1 aromatic carbocycles. The molecule has 1 fully saturated rings. The number of nitrogens with zero attached hydrogens (tertiary/aromatic N) is 1. The predicted molar refractivity (Wildman–Crippen MR) is 115 cm³/mol. The topological polar surface area (TPSA) is 61.4 Å². The zero-order valence-corrected chi connectivity index (χ0v) is 17.3. The second-order valence-electron chi connectivity index (χ2n) is 7.24. The maximum Gasteiger partial charge on any atom is 0.313 e. The van der Waals surface area contributed by atoms with Gasteiger partial charge in [-0.1, -0.05) is 31.9 Å². The van der Waals surface area contributed by atoms with Crippen LogP contribution >= 0.6 is 11.3 Å². The Labute approximate surface area is 171 Å². The summed E-state index contributed by atoms with van der Waals surface area (Å²) < 4.78 is 0. The largest absolute Gasteiger partial charge is 0.346 e. The van der Waals surface area contributed by atoms with Crippen LogP contribution in [0.1, 0.15) is 49.8 Å². The van der Waals surface area contributed by atoms with Gasteiger partial charge in [0, 0.05) is 12.2 Å². The van der Waals surface area contributed by atoms with Gasteiger partial charge in [0.25, 0.3) is 0 Å². The zero-order valence-electron chi connectivity index (χ0n) is 16.4. The van der Waals surface area contributed by atoms with E-state index in [9.17, 15) is 9.59 Å². The number of anilines is 1. The van der Waals surface area contributed by atoms with Gasteiger partial charge in [0.1, 0.15) is 0 Å².